The van der Waals surface area contributed by atoms with E-state index in [1.165, 1.54) is 5.56 Å². The average molecular weight is 388 g/mol. The summed E-state index contributed by atoms with van der Waals surface area (Å²) < 4.78 is 6.71. The molecule has 0 atom stereocenters. The molecule has 1 aromatic carbocycles. The summed E-state index contributed by atoms with van der Waals surface area (Å²) >= 11 is 3.59. The Bertz CT molecular complexity index is 844. The van der Waals surface area contributed by atoms with Crippen LogP contribution < -0.4 is 5.32 Å². The number of ether oxygens (including phenoxy) is 1. The molecule has 3 heterocycles. The molecular weight excluding hydrogens is 370 g/mol. The molecule has 1 saturated heterocycles. The summed E-state index contributed by atoms with van der Waals surface area (Å²) in [7, 11) is 0. The van der Waals surface area contributed by atoms with Crippen LogP contribution in [0.4, 0.5) is 5.82 Å². The number of benzene rings is 1. The Morgan fingerprint density at radius 3 is 2.92 bits per heavy atom. The third-order valence-corrected chi connectivity index (χ3v) is 5.20. The second-order valence-electron chi connectivity index (χ2n) is 6.08. The normalized spacial score (nSPS) is 17.0. The van der Waals surface area contributed by atoms with E-state index in [1.54, 1.807) is 12.7 Å². The molecule has 7 heteroatoms. The van der Waals surface area contributed by atoms with E-state index >= 15 is 0 Å². The van der Waals surface area contributed by atoms with E-state index < -0.39 is 0 Å². The SMILES string of the molecule is Brc1cccc(C2(CNc3ncnc4nc[nH]c34)CCOCC2)c1. The Hall–Kier alpha value is -1.99. The van der Waals surface area contributed by atoms with Gasteiger partial charge in [-0.2, -0.15) is 0 Å². The number of nitrogens with zero attached hydrogens (tertiary/aromatic N) is 3. The molecule has 0 bridgehead atoms. The van der Waals surface area contributed by atoms with Crippen LogP contribution in [0.5, 0.6) is 0 Å². The Balaban J connectivity index is 1.64. The maximum absolute atomic E-state index is 5.61. The highest BCUT2D eigenvalue weighted by Gasteiger charge is 2.34. The molecule has 0 saturated carbocycles. The number of hydrogen-bond donors (Lipinski definition) is 2. The van der Waals surface area contributed by atoms with Crippen molar-refractivity contribution < 1.29 is 4.74 Å². The molecule has 0 spiro atoms. The molecule has 4 rings (SSSR count). The maximum atomic E-state index is 5.61. The second kappa shape index (κ2) is 6.49. The summed E-state index contributed by atoms with van der Waals surface area (Å²) in [6.45, 7) is 2.34. The van der Waals surface area contributed by atoms with Gasteiger partial charge in [-0.3, -0.25) is 0 Å². The van der Waals surface area contributed by atoms with Crippen LogP contribution >= 0.6 is 15.9 Å². The number of rotatable bonds is 4. The number of aromatic nitrogens is 4. The average Bonchev–Trinajstić information content (AvgIpc) is 3.10. The van der Waals surface area contributed by atoms with Crippen LogP contribution in [0.3, 0.4) is 0 Å². The van der Waals surface area contributed by atoms with Crippen LogP contribution in [0.15, 0.2) is 41.4 Å². The third-order valence-electron chi connectivity index (χ3n) is 4.70. The van der Waals surface area contributed by atoms with Crippen LogP contribution in [0.1, 0.15) is 18.4 Å². The molecule has 124 valence electrons. The van der Waals surface area contributed by atoms with Gasteiger partial charge in [-0.1, -0.05) is 28.1 Å². The molecule has 0 aliphatic carbocycles. The van der Waals surface area contributed by atoms with Gasteiger partial charge in [0.2, 0.25) is 0 Å². The zero-order valence-electron chi connectivity index (χ0n) is 13.1. The molecule has 0 unspecified atom stereocenters. The maximum Gasteiger partial charge on any atom is 0.182 e. The zero-order chi connectivity index (χ0) is 16.4. The molecule has 0 amide bonds. The molecule has 3 aromatic rings. The largest absolute Gasteiger partial charge is 0.381 e. The van der Waals surface area contributed by atoms with Crippen LogP contribution in [-0.4, -0.2) is 39.7 Å². The van der Waals surface area contributed by atoms with Gasteiger partial charge in [0, 0.05) is 29.6 Å². The van der Waals surface area contributed by atoms with Crippen molar-refractivity contribution in [2.75, 3.05) is 25.1 Å². The van der Waals surface area contributed by atoms with Gasteiger partial charge in [0.15, 0.2) is 11.5 Å². The van der Waals surface area contributed by atoms with E-state index in [2.05, 4.69) is 65.4 Å². The lowest BCUT2D eigenvalue weighted by molar-refractivity contribution is 0.0543. The van der Waals surface area contributed by atoms with Crippen molar-refractivity contribution in [2.24, 2.45) is 0 Å². The fourth-order valence-electron chi connectivity index (χ4n) is 3.30. The fraction of sp³-hybridized carbons (Fsp3) is 0.353. The molecule has 1 aliphatic heterocycles. The third kappa shape index (κ3) is 2.89. The van der Waals surface area contributed by atoms with Crippen molar-refractivity contribution in [3.63, 3.8) is 0 Å². The van der Waals surface area contributed by atoms with Crippen LogP contribution in [0.2, 0.25) is 0 Å². The highest BCUT2D eigenvalue weighted by molar-refractivity contribution is 9.10. The van der Waals surface area contributed by atoms with Gasteiger partial charge in [-0.15, -0.1) is 0 Å². The minimum Gasteiger partial charge on any atom is -0.381 e. The molecule has 2 aromatic heterocycles. The summed E-state index contributed by atoms with van der Waals surface area (Å²) in [6.07, 6.45) is 5.14. The molecule has 1 aliphatic rings. The first-order valence-corrected chi connectivity index (χ1v) is 8.78. The lowest BCUT2D eigenvalue weighted by atomic mass is 9.74. The van der Waals surface area contributed by atoms with Gasteiger partial charge in [-0.25, -0.2) is 15.0 Å². The lowest BCUT2D eigenvalue weighted by Gasteiger charge is -2.38. The van der Waals surface area contributed by atoms with E-state index in [1.807, 2.05) is 0 Å². The van der Waals surface area contributed by atoms with Gasteiger partial charge >= 0.3 is 0 Å². The van der Waals surface area contributed by atoms with Crippen LogP contribution in [0, 0.1) is 0 Å². The predicted molar refractivity (Wildman–Crippen MR) is 96.0 cm³/mol. The standard InChI is InChI=1S/C17H18BrN5O/c18-13-3-1-2-12(8-13)17(4-6-24-7-5-17)9-19-15-14-16(21-10-20-14)23-11-22-15/h1-3,8,10-11H,4-7,9H2,(H2,19,20,21,22,23). The summed E-state index contributed by atoms with van der Waals surface area (Å²) in [5, 5.41) is 3.51. The fourth-order valence-corrected chi connectivity index (χ4v) is 3.70. The number of anilines is 1. The van der Waals surface area contributed by atoms with Crippen molar-refractivity contribution in [1.82, 2.24) is 19.9 Å². The zero-order valence-corrected chi connectivity index (χ0v) is 14.7. The number of nitrogens with one attached hydrogen (secondary N) is 2. The van der Waals surface area contributed by atoms with Gasteiger partial charge < -0.3 is 15.0 Å². The number of H-pyrrole nitrogens is 1. The van der Waals surface area contributed by atoms with Crippen molar-refractivity contribution >= 4 is 32.9 Å². The van der Waals surface area contributed by atoms with Crippen molar-refractivity contribution in [3.05, 3.63) is 47.0 Å². The Morgan fingerprint density at radius 2 is 2.08 bits per heavy atom. The van der Waals surface area contributed by atoms with Gasteiger partial charge in [-0.05, 0) is 30.5 Å². The molecule has 6 nitrogen and oxygen atoms in total. The number of hydrogen-bond acceptors (Lipinski definition) is 5. The smallest absolute Gasteiger partial charge is 0.182 e. The van der Waals surface area contributed by atoms with Crippen molar-refractivity contribution in [2.45, 2.75) is 18.3 Å². The minimum absolute atomic E-state index is 0.0271. The number of halogens is 1. The van der Waals surface area contributed by atoms with Crippen LogP contribution in [-0.2, 0) is 10.2 Å². The van der Waals surface area contributed by atoms with Gasteiger partial charge in [0.05, 0.1) is 6.33 Å². The number of imidazole rings is 1. The number of fused-ring (bicyclic) bond motifs is 1. The molecule has 1 fully saturated rings. The summed E-state index contributed by atoms with van der Waals surface area (Å²) in [4.78, 5) is 15.8. The minimum atomic E-state index is 0.0271. The molecular formula is C17H18BrN5O. The van der Waals surface area contributed by atoms with Crippen molar-refractivity contribution in [1.29, 1.82) is 0 Å². The number of aromatic amines is 1. The summed E-state index contributed by atoms with van der Waals surface area (Å²) in [6, 6.07) is 8.55. The molecule has 2 N–H and O–H groups in total. The Labute approximate surface area is 148 Å². The summed E-state index contributed by atoms with van der Waals surface area (Å²) in [5.41, 5.74) is 2.87. The highest BCUT2D eigenvalue weighted by atomic mass is 79.9. The first kappa shape index (κ1) is 15.5. The van der Waals surface area contributed by atoms with Crippen LogP contribution in [0.25, 0.3) is 11.2 Å². The first-order chi connectivity index (χ1) is 11.8. The predicted octanol–water partition coefficient (Wildman–Crippen LogP) is 3.28. The van der Waals surface area contributed by atoms with E-state index in [4.69, 9.17) is 4.74 Å². The molecule has 24 heavy (non-hydrogen) atoms. The lowest BCUT2D eigenvalue weighted by Crippen LogP contribution is -2.40. The van der Waals surface area contributed by atoms with Gasteiger partial charge in [0.1, 0.15) is 11.8 Å². The quantitative estimate of drug-likeness (QED) is 0.718. The van der Waals surface area contributed by atoms with E-state index in [9.17, 15) is 0 Å². The Kier molecular flexibility index (Phi) is 4.20. The first-order valence-electron chi connectivity index (χ1n) is 7.99. The monoisotopic (exact) mass is 387 g/mol. The van der Waals surface area contributed by atoms with E-state index in [0.29, 0.717) is 5.65 Å². The topological polar surface area (TPSA) is 75.7 Å². The van der Waals surface area contributed by atoms with E-state index in [0.717, 1.165) is 48.4 Å². The van der Waals surface area contributed by atoms with Crippen molar-refractivity contribution in [3.8, 4) is 0 Å². The van der Waals surface area contributed by atoms with Gasteiger partial charge in [0.25, 0.3) is 0 Å². The summed E-state index contributed by atoms with van der Waals surface area (Å²) in [5.74, 6) is 0.790. The molecule has 0 radical (unpaired) electrons. The van der Waals surface area contributed by atoms with E-state index in [-0.39, 0.29) is 5.41 Å². The Morgan fingerprint density at radius 1 is 1.21 bits per heavy atom. The second-order valence-corrected chi connectivity index (χ2v) is 7.00. The highest BCUT2D eigenvalue weighted by Crippen LogP contribution is 2.36.